The molecule has 0 bridgehead atoms. The standard InChI is InChI=1S/C22H31N5O9/c1-10(2)18(24)21(34)26-13(7-11-3-5-12(28)6-4-11)19(32)25-14(9-17(30)31)20(33)27-15(22(35)36)8-16(23)29/h3-6,10,13-15,18,28H,7-9,24H2,1-2H3,(H2,23,29)(H,25,32)(H,26,34)(H,27,33)(H,30,31)(H,35,36). The number of phenols is 1. The number of nitrogens with two attached hydrogens (primary N) is 2. The lowest BCUT2D eigenvalue weighted by atomic mass is 10.0. The smallest absolute Gasteiger partial charge is 0.326 e. The Hall–Kier alpha value is -4.20. The Morgan fingerprint density at radius 3 is 1.78 bits per heavy atom. The van der Waals surface area contributed by atoms with Gasteiger partial charge in [-0.1, -0.05) is 26.0 Å². The van der Waals surface area contributed by atoms with Gasteiger partial charge in [-0.3, -0.25) is 24.0 Å². The Labute approximate surface area is 206 Å². The molecule has 1 aromatic rings. The third-order valence-corrected chi connectivity index (χ3v) is 5.06. The Bertz CT molecular complexity index is 981. The maximum atomic E-state index is 13.1. The molecule has 1 rings (SSSR count). The van der Waals surface area contributed by atoms with Crippen LogP contribution in [0.25, 0.3) is 0 Å². The van der Waals surface area contributed by atoms with E-state index in [2.05, 4.69) is 10.6 Å². The molecule has 0 fully saturated rings. The van der Waals surface area contributed by atoms with Gasteiger partial charge in [-0.15, -0.1) is 0 Å². The zero-order chi connectivity index (χ0) is 27.6. The van der Waals surface area contributed by atoms with E-state index in [0.29, 0.717) is 5.56 Å². The second-order valence-electron chi connectivity index (χ2n) is 8.43. The molecule has 10 N–H and O–H groups in total. The van der Waals surface area contributed by atoms with Crippen molar-refractivity contribution in [2.24, 2.45) is 17.4 Å². The van der Waals surface area contributed by atoms with E-state index in [9.17, 15) is 44.1 Å². The zero-order valence-electron chi connectivity index (χ0n) is 19.8. The third-order valence-electron chi connectivity index (χ3n) is 5.06. The number of amides is 4. The van der Waals surface area contributed by atoms with E-state index in [1.165, 1.54) is 24.3 Å². The van der Waals surface area contributed by atoms with Gasteiger partial charge in [0.1, 0.15) is 23.9 Å². The van der Waals surface area contributed by atoms with Crippen molar-refractivity contribution in [2.75, 3.05) is 0 Å². The molecule has 14 nitrogen and oxygen atoms in total. The summed E-state index contributed by atoms with van der Waals surface area (Å²) >= 11 is 0. The molecule has 0 saturated heterocycles. The van der Waals surface area contributed by atoms with E-state index < -0.39 is 72.6 Å². The molecule has 0 aliphatic heterocycles. The van der Waals surface area contributed by atoms with Crippen molar-refractivity contribution in [3.05, 3.63) is 29.8 Å². The lowest BCUT2D eigenvalue weighted by Gasteiger charge is -2.25. The Balaban J connectivity index is 3.16. The molecular weight excluding hydrogens is 478 g/mol. The molecular formula is C22H31N5O9. The molecule has 4 amide bonds. The highest BCUT2D eigenvalue weighted by Crippen LogP contribution is 2.12. The van der Waals surface area contributed by atoms with Crippen molar-refractivity contribution in [2.45, 2.75) is 57.3 Å². The average Bonchev–Trinajstić information content (AvgIpc) is 2.77. The number of rotatable bonds is 14. The Morgan fingerprint density at radius 2 is 1.31 bits per heavy atom. The number of aromatic hydroxyl groups is 1. The number of phenolic OH excluding ortho intramolecular Hbond substituents is 1. The van der Waals surface area contributed by atoms with Gasteiger partial charge in [0.05, 0.1) is 18.9 Å². The molecule has 0 aliphatic carbocycles. The average molecular weight is 510 g/mol. The van der Waals surface area contributed by atoms with Gasteiger partial charge >= 0.3 is 11.9 Å². The van der Waals surface area contributed by atoms with Gasteiger partial charge in [0, 0.05) is 6.42 Å². The quantitative estimate of drug-likeness (QED) is 0.134. The first-order valence-electron chi connectivity index (χ1n) is 10.9. The van der Waals surface area contributed by atoms with E-state index in [1.54, 1.807) is 13.8 Å². The summed E-state index contributed by atoms with van der Waals surface area (Å²) in [5, 5.41) is 34.5. The molecule has 1 aromatic carbocycles. The number of aliphatic carboxylic acids is 2. The predicted molar refractivity (Wildman–Crippen MR) is 124 cm³/mol. The van der Waals surface area contributed by atoms with Crippen molar-refractivity contribution in [1.82, 2.24) is 16.0 Å². The van der Waals surface area contributed by atoms with E-state index in [1.807, 2.05) is 5.32 Å². The molecule has 4 unspecified atom stereocenters. The van der Waals surface area contributed by atoms with Crippen LogP contribution < -0.4 is 27.4 Å². The molecule has 0 saturated carbocycles. The molecule has 198 valence electrons. The van der Waals surface area contributed by atoms with Crippen LogP contribution in [0, 0.1) is 5.92 Å². The monoisotopic (exact) mass is 509 g/mol. The number of carbonyl (C=O) groups is 6. The van der Waals surface area contributed by atoms with Crippen molar-refractivity contribution in [3.8, 4) is 5.75 Å². The number of carboxylic acids is 2. The summed E-state index contributed by atoms with van der Waals surface area (Å²) in [6.07, 6.45) is -1.79. The zero-order valence-corrected chi connectivity index (χ0v) is 19.8. The van der Waals surface area contributed by atoms with Crippen molar-refractivity contribution in [1.29, 1.82) is 0 Å². The summed E-state index contributed by atoms with van der Waals surface area (Å²) < 4.78 is 0. The maximum absolute atomic E-state index is 13.1. The molecule has 36 heavy (non-hydrogen) atoms. The number of nitrogens with one attached hydrogen (secondary N) is 3. The van der Waals surface area contributed by atoms with Gasteiger partial charge in [0.2, 0.25) is 23.6 Å². The summed E-state index contributed by atoms with van der Waals surface area (Å²) in [5.74, 6) is -7.22. The van der Waals surface area contributed by atoms with Crippen LogP contribution in [0.4, 0.5) is 0 Å². The second kappa shape index (κ2) is 13.6. The fourth-order valence-electron chi connectivity index (χ4n) is 2.98. The first-order valence-corrected chi connectivity index (χ1v) is 10.9. The Morgan fingerprint density at radius 1 is 0.806 bits per heavy atom. The molecule has 4 atom stereocenters. The van der Waals surface area contributed by atoms with E-state index >= 15 is 0 Å². The first kappa shape index (κ1) is 29.8. The van der Waals surface area contributed by atoms with Crippen LogP contribution in [-0.2, 0) is 35.2 Å². The molecule has 0 aromatic heterocycles. The van der Waals surface area contributed by atoms with E-state index in [4.69, 9.17) is 11.5 Å². The Kier molecular flexibility index (Phi) is 11.3. The van der Waals surface area contributed by atoms with Crippen LogP contribution in [0.15, 0.2) is 24.3 Å². The minimum Gasteiger partial charge on any atom is -0.508 e. The summed E-state index contributed by atoms with van der Waals surface area (Å²) in [7, 11) is 0. The minimum atomic E-state index is -1.75. The number of hydrogen-bond donors (Lipinski definition) is 8. The van der Waals surface area contributed by atoms with Gasteiger partial charge in [-0.25, -0.2) is 4.79 Å². The summed E-state index contributed by atoms with van der Waals surface area (Å²) in [4.78, 5) is 71.9. The summed E-state index contributed by atoms with van der Waals surface area (Å²) in [6.45, 7) is 3.38. The van der Waals surface area contributed by atoms with Gasteiger partial charge in [0.25, 0.3) is 0 Å². The highest BCUT2D eigenvalue weighted by atomic mass is 16.4. The van der Waals surface area contributed by atoms with Crippen LogP contribution in [0.3, 0.4) is 0 Å². The first-order chi connectivity index (χ1) is 16.7. The molecule has 0 radical (unpaired) electrons. The fourth-order valence-corrected chi connectivity index (χ4v) is 2.98. The lowest BCUT2D eigenvalue weighted by Crippen LogP contribution is -2.58. The lowest BCUT2D eigenvalue weighted by molar-refractivity contribution is -0.144. The number of benzene rings is 1. The third kappa shape index (κ3) is 9.97. The van der Waals surface area contributed by atoms with Gasteiger partial charge in [-0.05, 0) is 23.6 Å². The summed E-state index contributed by atoms with van der Waals surface area (Å²) in [5.41, 5.74) is 11.3. The molecule has 0 heterocycles. The topological polar surface area (TPSA) is 251 Å². The van der Waals surface area contributed by atoms with Crippen LogP contribution in [0.5, 0.6) is 5.75 Å². The van der Waals surface area contributed by atoms with Crippen LogP contribution in [0.2, 0.25) is 0 Å². The number of primary amides is 1. The minimum absolute atomic E-state index is 0.0345. The van der Waals surface area contributed by atoms with E-state index in [0.717, 1.165) is 0 Å². The van der Waals surface area contributed by atoms with Crippen LogP contribution >= 0.6 is 0 Å². The second-order valence-corrected chi connectivity index (χ2v) is 8.43. The maximum Gasteiger partial charge on any atom is 0.326 e. The highest BCUT2D eigenvalue weighted by Gasteiger charge is 2.32. The fraction of sp³-hybridized carbons (Fsp3) is 0.455. The number of carbonyl (C=O) groups excluding carboxylic acids is 4. The highest BCUT2D eigenvalue weighted by molar-refractivity contribution is 5.96. The van der Waals surface area contributed by atoms with Gasteiger partial charge in [0.15, 0.2) is 0 Å². The number of hydrogen-bond acceptors (Lipinski definition) is 8. The van der Waals surface area contributed by atoms with Gasteiger partial charge in [-0.2, -0.15) is 0 Å². The predicted octanol–water partition coefficient (Wildman–Crippen LogP) is -2.19. The molecule has 14 heteroatoms. The molecule has 0 aliphatic rings. The van der Waals surface area contributed by atoms with Crippen LogP contribution in [0.1, 0.15) is 32.3 Å². The normalized spacial score (nSPS) is 14.1. The SMILES string of the molecule is CC(C)C(N)C(=O)NC(Cc1ccc(O)cc1)C(=O)NC(CC(=O)O)C(=O)NC(CC(N)=O)C(=O)O. The number of carboxylic acid groups (broad SMARTS) is 2. The largest absolute Gasteiger partial charge is 0.508 e. The van der Waals surface area contributed by atoms with Crippen molar-refractivity contribution in [3.63, 3.8) is 0 Å². The summed E-state index contributed by atoms with van der Waals surface area (Å²) in [6, 6.07) is -0.0724. The van der Waals surface area contributed by atoms with Crippen molar-refractivity contribution >= 4 is 35.6 Å². The van der Waals surface area contributed by atoms with E-state index in [-0.39, 0.29) is 18.1 Å². The molecule has 0 spiro atoms. The van der Waals surface area contributed by atoms with Gasteiger partial charge < -0.3 is 42.7 Å². The van der Waals surface area contributed by atoms with Crippen molar-refractivity contribution < 1.29 is 44.1 Å². The van der Waals surface area contributed by atoms with Crippen LogP contribution in [-0.4, -0.2) is 75.1 Å².